The summed E-state index contributed by atoms with van der Waals surface area (Å²) in [5, 5.41) is 22.4. The Morgan fingerprint density at radius 2 is 0.947 bits per heavy atom. The van der Waals surface area contributed by atoms with Gasteiger partial charge in [0.2, 0.25) is 16.9 Å². The summed E-state index contributed by atoms with van der Waals surface area (Å²) in [6, 6.07) is -1.88. The minimum atomic E-state index is -1.19. The van der Waals surface area contributed by atoms with E-state index in [9.17, 15) is 29.1 Å². The van der Waals surface area contributed by atoms with Crippen LogP contribution in [0.4, 0.5) is 0 Å². The van der Waals surface area contributed by atoms with Crippen LogP contribution in [-0.2, 0) is 24.0 Å². The molecule has 38 heavy (non-hydrogen) atoms. The van der Waals surface area contributed by atoms with Crippen molar-refractivity contribution in [3.8, 4) is 0 Å². The molecule has 0 aromatic carbocycles. The molecule has 0 saturated carbocycles. The van der Waals surface area contributed by atoms with Crippen LogP contribution in [0.2, 0.25) is 0 Å². The van der Waals surface area contributed by atoms with Crippen LogP contribution in [0.3, 0.4) is 0 Å². The highest BCUT2D eigenvalue weighted by atomic mass is 32.1. The molecule has 0 fully saturated rings. The van der Waals surface area contributed by atoms with Gasteiger partial charge in [0, 0.05) is 19.3 Å². The average molecular weight is 559 g/mol. The number of amides is 2. The van der Waals surface area contributed by atoms with Gasteiger partial charge in [-0.3, -0.25) is 19.2 Å². The lowest BCUT2D eigenvalue weighted by Gasteiger charge is -2.15. The molecular weight excluding hydrogens is 508 g/mol. The SMILES string of the molecule is C[C@H](NC(=O)CCC(NC(=O)CCCCCCCCCCCCCCCCCCC(=O)O)C(=O)O)C(=O)S. The highest BCUT2D eigenvalue weighted by molar-refractivity contribution is 7.96. The predicted octanol–water partition coefficient (Wildman–Crippen LogP) is 5.40. The number of rotatable bonds is 26. The first kappa shape index (κ1) is 35.9. The summed E-state index contributed by atoms with van der Waals surface area (Å²) in [5.41, 5.74) is 0. The molecule has 0 rings (SSSR count). The number of nitrogens with one attached hydrogen (secondary N) is 2. The van der Waals surface area contributed by atoms with Crippen molar-refractivity contribution < 1.29 is 34.2 Å². The molecule has 10 heteroatoms. The van der Waals surface area contributed by atoms with E-state index >= 15 is 0 Å². The molecule has 0 heterocycles. The molecule has 2 amide bonds. The Balaban J connectivity index is 3.61. The Morgan fingerprint density at radius 3 is 1.32 bits per heavy atom. The van der Waals surface area contributed by atoms with Gasteiger partial charge in [0.15, 0.2) is 0 Å². The van der Waals surface area contributed by atoms with Crippen molar-refractivity contribution in [1.82, 2.24) is 10.6 Å². The highest BCUT2D eigenvalue weighted by Crippen LogP contribution is 2.14. The topological polar surface area (TPSA) is 150 Å². The minimum Gasteiger partial charge on any atom is -0.481 e. The first-order valence-electron chi connectivity index (χ1n) is 14.4. The molecule has 4 N–H and O–H groups in total. The number of thiol groups is 1. The van der Waals surface area contributed by atoms with Gasteiger partial charge >= 0.3 is 11.9 Å². The number of unbranched alkanes of at least 4 members (excludes halogenated alkanes) is 15. The van der Waals surface area contributed by atoms with E-state index in [4.69, 9.17) is 5.11 Å². The summed E-state index contributed by atoms with van der Waals surface area (Å²) < 4.78 is 0. The third kappa shape index (κ3) is 23.0. The van der Waals surface area contributed by atoms with E-state index in [2.05, 4.69) is 23.3 Å². The van der Waals surface area contributed by atoms with Crippen LogP contribution in [0.25, 0.3) is 0 Å². The predicted molar refractivity (Wildman–Crippen MR) is 151 cm³/mol. The zero-order valence-electron chi connectivity index (χ0n) is 23.2. The lowest BCUT2D eigenvalue weighted by Crippen LogP contribution is -2.42. The van der Waals surface area contributed by atoms with E-state index in [-0.39, 0.29) is 25.2 Å². The quantitative estimate of drug-likeness (QED) is 0.0704. The molecule has 0 radical (unpaired) electrons. The summed E-state index contributed by atoms with van der Waals surface area (Å²) >= 11 is 3.64. The molecule has 220 valence electrons. The Morgan fingerprint density at radius 1 is 0.579 bits per heavy atom. The normalized spacial score (nSPS) is 12.5. The maximum absolute atomic E-state index is 12.1. The highest BCUT2D eigenvalue weighted by Gasteiger charge is 2.21. The van der Waals surface area contributed by atoms with Crippen molar-refractivity contribution in [3.63, 3.8) is 0 Å². The zero-order valence-corrected chi connectivity index (χ0v) is 24.1. The lowest BCUT2D eigenvalue weighted by molar-refractivity contribution is -0.142. The van der Waals surface area contributed by atoms with E-state index in [1.807, 2.05) is 0 Å². The number of carboxylic acids is 2. The van der Waals surface area contributed by atoms with Gasteiger partial charge in [0.25, 0.3) is 0 Å². The maximum Gasteiger partial charge on any atom is 0.326 e. The van der Waals surface area contributed by atoms with Gasteiger partial charge in [-0.15, -0.1) is 12.6 Å². The molecule has 0 bridgehead atoms. The maximum atomic E-state index is 12.1. The lowest BCUT2D eigenvalue weighted by atomic mass is 10.0. The molecular formula is C28H50N2O7S. The van der Waals surface area contributed by atoms with E-state index in [1.165, 1.54) is 64.7 Å². The van der Waals surface area contributed by atoms with Crippen molar-refractivity contribution in [2.24, 2.45) is 0 Å². The van der Waals surface area contributed by atoms with Crippen molar-refractivity contribution >= 4 is 41.5 Å². The molecule has 0 aliphatic rings. The Bertz CT molecular complexity index is 703. The molecule has 2 atom stereocenters. The van der Waals surface area contributed by atoms with Crippen LogP contribution in [-0.4, -0.2) is 51.2 Å². The monoisotopic (exact) mass is 558 g/mol. The minimum absolute atomic E-state index is 0.0451. The van der Waals surface area contributed by atoms with Gasteiger partial charge in [-0.2, -0.15) is 0 Å². The first-order chi connectivity index (χ1) is 18.1. The van der Waals surface area contributed by atoms with Gasteiger partial charge in [-0.05, 0) is 26.2 Å². The van der Waals surface area contributed by atoms with Gasteiger partial charge < -0.3 is 20.8 Å². The summed E-state index contributed by atoms with van der Waals surface area (Å²) in [7, 11) is 0. The van der Waals surface area contributed by atoms with Gasteiger partial charge in [-0.25, -0.2) is 4.79 Å². The first-order valence-corrected chi connectivity index (χ1v) is 14.8. The summed E-state index contributed by atoms with van der Waals surface area (Å²) in [5.74, 6) is -2.67. The second-order valence-electron chi connectivity index (χ2n) is 10.2. The van der Waals surface area contributed by atoms with Crippen molar-refractivity contribution in [2.45, 2.75) is 147 Å². The Labute approximate surface area is 233 Å². The Hall–Kier alpha value is -2.10. The van der Waals surface area contributed by atoms with E-state index < -0.39 is 35.0 Å². The number of carboxylic acid groups (broad SMARTS) is 2. The van der Waals surface area contributed by atoms with E-state index in [1.54, 1.807) is 0 Å². The number of hydrogen-bond acceptors (Lipinski definition) is 5. The number of carbonyl (C=O) groups excluding carboxylic acids is 3. The number of hydrogen-bond donors (Lipinski definition) is 5. The standard InChI is InChI=1S/C28H50N2O7S/c1-22(28(37)38)29-25(32)21-20-23(27(35)36)30-24(31)18-16-14-12-10-8-6-4-2-3-5-7-9-11-13-15-17-19-26(33)34/h22-23H,2-21H2,1H3,(H,29,32)(H,30,31)(H,33,34)(H,35,36)(H,37,38)/t22-,23?/m0/s1. The number of carbonyl (C=O) groups is 5. The van der Waals surface area contributed by atoms with Gasteiger partial charge in [-0.1, -0.05) is 89.9 Å². The largest absolute Gasteiger partial charge is 0.481 e. The molecule has 1 unspecified atom stereocenters. The van der Waals surface area contributed by atoms with Gasteiger partial charge in [0.05, 0.1) is 6.04 Å². The van der Waals surface area contributed by atoms with Crippen molar-refractivity contribution in [2.75, 3.05) is 0 Å². The van der Waals surface area contributed by atoms with Crippen LogP contribution < -0.4 is 10.6 Å². The van der Waals surface area contributed by atoms with Crippen LogP contribution in [0.5, 0.6) is 0 Å². The zero-order chi connectivity index (χ0) is 28.6. The van der Waals surface area contributed by atoms with Crippen LogP contribution in [0, 0.1) is 0 Å². The second kappa shape index (κ2) is 24.0. The number of aliphatic carboxylic acids is 2. The van der Waals surface area contributed by atoms with E-state index in [0.717, 1.165) is 38.5 Å². The Kier molecular flexibility index (Phi) is 22.7. The third-order valence-electron chi connectivity index (χ3n) is 6.59. The summed E-state index contributed by atoms with van der Waals surface area (Å²) in [4.78, 5) is 56.8. The van der Waals surface area contributed by atoms with Crippen molar-refractivity contribution in [1.29, 1.82) is 0 Å². The summed E-state index contributed by atoms with van der Waals surface area (Å²) in [6.45, 7) is 1.49. The van der Waals surface area contributed by atoms with Crippen LogP contribution >= 0.6 is 12.6 Å². The molecule has 9 nitrogen and oxygen atoms in total. The molecule has 0 saturated heterocycles. The molecule has 0 aliphatic carbocycles. The van der Waals surface area contributed by atoms with Crippen LogP contribution in [0.1, 0.15) is 135 Å². The van der Waals surface area contributed by atoms with Crippen molar-refractivity contribution in [3.05, 3.63) is 0 Å². The smallest absolute Gasteiger partial charge is 0.326 e. The molecule has 0 spiro atoms. The fourth-order valence-electron chi connectivity index (χ4n) is 4.21. The molecule has 0 aliphatic heterocycles. The average Bonchev–Trinajstić information content (AvgIpc) is 2.85. The van der Waals surface area contributed by atoms with Gasteiger partial charge in [0.1, 0.15) is 6.04 Å². The molecule has 0 aromatic heterocycles. The van der Waals surface area contributed by atoms with Crippen LogP contribution in [0.15, 0.2) is 0 Å². The summed E-state index contributed by atoms with van der Waals surface area (Å²) in [6.07, 6.45) is 18.5. The third-order valence-corrected chi connectivity index (χ3v) is 6.97. The fourth-order valence-corrected chi connectivity index (χ4v) is 4.28. The van der Waals surface area contributed by atoms with E-state index in [0.29, 0.717) is 12.8 Å². The fraction of sp³-hybridized carbons (Fsp3) is 0.821. The molecule has 0 aromatic rings. The second-order valence-corrected chi connectivity index (χ2v) is 10.6.